The molecule has 0 fully saturated rings. The van der Waals surface area contributed by atoms with Crippen LogP contribution in [0.25, 0.3) is 0 Å². The molecule has 5 heteroatoms. The first-order valence-corrected chi connectivity index (χ1v) is 7.42. The molecule has 0 radical (unpaired) electrons. The van der Waals surface area contributed by atoms with Crippen molar-refractivity contribution in [1.29, 1.82) is 0 Å². The molecule has 0 aliphatic carbocycles. The second kappa shape index (κ2) is 6.47. The molecule has 1 amide bonds. The summed E-state index contributed by atoms with van der Waals surface area (Å²) in [6, 6.07) is 11.9. The van der Waals surface area contributed by atoms with Crippen molar-refractivity contribution in [1.82, 2.24) is 5.32 Å². The number of nitrogens with one attached hydrogen (secondary N) is 1. The minimum atomic E-state index is -0.315. The number of carbonyl (C=O) groups excluding carboxylic acids is 1. The Bertz CT molecular complexity index is 618. The molecule has 0 saturated carbocycles. The zero-order chi connectivity index (χ0) is 13.8. The molecule has 0 spiro atoms. The lowest BCUT2D eigenvalue weighted by atomic mass is 10.2. The van der Waals surface area contributed by atoms with Crippen LogP contribution >= 0.6 is 38.5 Å². The highest BCUT2D eigenvalue weighted by atomic mass is 127. The highest BCUT2D eigenvalue weighted by Gasteiger charge is 2.11. The topological polar surface area (TPSA) is 29.1 Å². The maximum atomic E-state index is 13.4. The van der Waals surface area contributed by atoms with E-state index in [9.17, 15) is 9.18 Å². The minimum Gasteiger partial charge on any atom is -0.348 e. The van der Waals surface area contributed by atoms with Gasteiger partial charge in [0.05, 0.1) is 5.56 Å². The van der Waals surface area contributed by atoms with Crippen LogP contribution in [0.5, 0.6) is 0 Å². The number of benzene rings is 2. The quantitative estimate of drug-likeness (QED) is 0.724. The van der Waals surface area contributed by atoms with Crippen LogP contribution in [0.3, 0.4) is 0 Å². The van der Waals surface area contributed by atoms with E-state index in [1.807, 2.05) is 12.1 Å². The summed E-state index contributed by atoms with van der Waals surface area (Å²) in [7, 11) is 0. The van der Waals surface area contributed by atoms with Crippen molar-refractivity contribution in [3.8, 4) is 0 Å². The molecule has 19 heavy (non-hydrogen) atoms. The third-order valence-electron chi connectivity index (χ3n) is 2.57. The number of amides is 1. The average Bonchev–Trinajstić information content (AvgIpc) is 2.40. The van der Waals surface area contributed by atoms with E-state index in [4.69, 9.17) is 0 Å². The van der Waals surface area contributed by atoms with Gasteiger partial charge in [-0.15, -0.1) is 0 Å². The maximum Gasteiger partial charge on any atom is 0.252 e. The summed E-state index contributed by atoms with van der Waals surface area (Å²) in [5, 5.41) is 2.71. The molecule has 0 atom stereocenters. The molecular weight excluding hydrogens is 424 g/mol. The van der Waals surface area contributed by atoms with E-state index in [0.29, 0.717) is 11.1 Å². The first-order chi connectivity index (χ1) is 9.08. The fourth-order valence-corrected chi connectivity index (χ4v) is 2.50. The highest BCUT2D eigenvalue weighted by Crippen LogP contribution is 2.19. The van der Waals surface area contributed by atoms with Gasteiger partial charge in [0.2, 0.25) is 0 Å². The number of carbonyl (C=O) groups is 1. The lowest BCUT2D eigenvalue weighted by Crippen LogP contribution is -2.23. The molecule has 2 rings (SSSR count). The predicted molar refractivity (Wildman–Crippen MR) is 84.4 cm³/mol. The normalized spacial score (nSPS) is 10.3. The molecule has 0 bridgehead atoms. The fourth-order valence-electron chi connectivity index (χ4n) is 1.58. The fraction of sp³-hybridized carbons (Fsp3) is 0.0714. The lowest BCUT2D eigenvalue weighted by molar-refractivity contribution is 0.0950. The van der Waals surface area contributed by atoms with Crippen molar-refractivity contribution in [3.63, 3.8) is 0 Å². The van der Waals surface area contributed by atoms with E-state index in [2.05, 4.69) is 43.8 Å². The van der Waals surface area contributed by atoms with Crippen molar-refractivity contribution in [2.45, 2.75) is 6.54 Å². The van der Waals surface area contributed by atoms with Crippen LogP contribution in [0.15, 0.2) is 46.9 Å². The Hall–Kier alpha value is -0.950. The third-order valence-corrected chi connectivity index (χ3v) is 3.93. The summed E-state index contributed by atoms with van der Waals surface area (Å²) in [5.74, 6) is -0.543. The van der Waals surface area contributed by atoms with Crippen LogP contribution in [0, 0.1) is 9.39 Å². The summed E-state index contributed by atoms with van der Waals surface area (Å²) in [4.78, 5) is 12.0. The minimum absolute atomic E-state index is 0.170. The second-order valence-corrected chi connectivity index (χ2v) is 6.00. The molecule has 0 heterocycles. The van der Waals surface area contributed by atoms with E-state index < -0.39 is 0 Å². The van der Waals surface area contributed by atoms with Gasteiger partial charge in [0.15, 0.2) is 0 Å². The summed E-state index contributed by atoms with van der Waals surface area (Å²) in [6.45, 7) is 0.170. The first kappa shape index (κ1) is 14.5. The summed E-state index contributed by atoms with van der Waals surface area (Å²) < 4.78 is 15.1. The van der Waals surface area contributed by atoms with Gasteiger partial charge in [0, 0.05) is 20.2 Å². The van der Waals surface area contributed by atoms with Crippen LogP contribution in [0.4, 0.5) is 4.39 Å². The maximum absolute atomic E-state index is 13.4. The second-order valence-electron chi connectivity index (χ2n) is 3.90. The molecule has 0 unspecified atom stereocenters. The van der Waals surface area contributed by atoms with Gasteiger partial charge in [0.25, 0.3) is 5.91 Å². The van der Waals surface area contributed by atoms with Gasteiger partial charge in [-0.3, -0.25) is 4.79 Å². The average molecular weight is 434 g/mol. The number of hydrogen-bond donors (Lipinski definition) is 1. The molecular formula is C14H10BrFINO. The van der Waals surface area contributed by atoms with Gasteiger partial charge in [-0.1, -0.05) is 18.2 Å². The monoisotopic (exact) mass is 433 g/mol. The summed E-state index contributed by atoms with van der Waals surface area (Å²) >= 11 is 5.47. The van der Waals surface area contributed by atoms with Gasteiger partial charge in [0.1, 0.15) is 5.82 Å². The molecule has 0 aromatic heterocycles. The van der Waals surface area contributed by atoms with E-state index in [0.717, 1.165) is 8.04 Å². The SMILES string of the molecule is O=C(NCc1ccccc1F)c1cc(I)ccc1Br. The molecule has 2 nitrogen and oxygen atoms in total. The number of rotatable bonds is 3. The van der Waals surface area contributed by atoms with E-state index >= 15 is 0 Å². The molecule has 0 saturated heterocycles. The van der Waals surface area contributed by atoms with Gasteiger partial charge in [-0.2, -0.15) is 0 Å². The zero-order valence-electron chi connectivity index (χ0n) is 9.79. The van der Waals surface area contributed by atoms with Crippen molar-refractivity contribution in [3.05, 3.63) is 67.5 Å². The van der Waals surface area contributed by atoms with Gasteiger partial charge < -0.3 is 5.32 Å². The Labute approximate surface area is 132 Å². The van der Waals surface area contributed by atoms with Crippen LogP contribution in [-0.2, 0) is 6.54 Å². The number of halogens is 3. The first-order valence-electron chi connectivity index (χ1n) is 5.54. The standard InChI is InChI=1S/C14H10BrFINO/c15-12-6-5-10(17)7-11(12)14(19)18-8-9-3-1-2-4-13(9)16/h1-7H,8H2,(H,18,19). The van der Waals surface area contributed by atoms with Crippen molar-refractivity contribution in [2.75, 3.05) is 0 Å². The van der Waals surface area contributed by atoms with E-state index in [-0.39, 0.29) is 18.3 Å². The van der Waals surface area contributed by atoms with E-state index in [1.54, 1.807) is 24.3 Å². The Morgan fingerprint density at radius 2 is 2.00 bits per heavy atom. The summed E-state index contributed by atoms with van der Waals surface area (Å²) in [5.41, 5.74) is 1.01. The Balaban J connectivity index is 2.10. The van der Waals surface area contributed by atoms with Crippen molar-refractivity contribution >= 4 is 44.4 Å². The number of hydrogen-bond acceptors (Lipinski definition) is 1. The lowest BCUT2D eigenvalue weighted by Gasteiger charge is -2.08. The van der Waals surface area contributed by atoms with Gasteiger partial charge in [-0.25, -0.2) is 4.39 Å². The molecule has 98 valence electrons. The van der Waals surface area contributed by atoms with Gasteiger partial charge >= 0.3 is 0 Å². The third kappa shape index (κ3) is 3.76. The summed E-state index contributed by atoms with van der Waals surface area (Å²) in [6.07, 6.45) is 0. The van der Waals surface area contributed by atoms with Gasteiger partial charge in [-0.05, 0) is 62.8 Å². The van der Waals surface area contributed by atoms with Crippen molar-refractivity contribution < 1.29 is 9.18 Å². The molecule has 1 N–H and O–H groups in total. The smallest absolute Gasteiger partial charge is 0.252 e. The Kier molecular flexibility index (Phi) is 4.93. The van der Waals surface area contributed by atoms with Crippen molar-refractivity contribution in [2.24, 2.45) is 0 Å². The molecule has 0 aliphatic rings. The van der Waals surface area contributed by atoms with Crippen LogP contribution < -0.4 is 5.32 Å². The van der Waals surface area contributed by atoms with Crippen LogP contribution in [0.1, 0.15) is 15.9 Å². The Morgan fingerprint density at radius 3 is 2.74 bits per heavy atom. The molecule has 0 aliphatic heterocycles. The molecule has 2 aromatic rings. The Morgan fingerprint density at radius 1 is 1.26 bits per heavy atom. The predicted octanol–water partition coefficient (Wildman–Crippen LogP) is 4.12. The largest absolute Gasteiger partial charge is 0.348 e. The highest BCUT2D eigenvalue weighted by molar-refractivity contribution is 14.1. The zero-order valence-corrected chi connectivity index (χ0v) is 13.5. The van der Waals surface area contributed by atoms with E-state index in [1.165, 1.54) is 6.07 Å². The molecule has 2 aromatic carbocycles. The van der Waals surface area contributed by atoms with Crippen LogP contribution in [-0.4, -0.2) is 5.91 Å². The van der Waals surface area contributed by atoms with Crippen LogP contribution in [0.2, 0.25) is 0 Å².